The van der Waals surface area contributed by atoms with Crippen LogP contribution in [0.25, 0.3) is 22.3 Å². The van der Waals surface area contributed by atoms with Crippen molar-refractivity contribution in [2.75, 3.05) is 0 Å². The molecule has 31 heavy (non-hydrogen) atoms. The summed E-state index contributed by atoms with van der Waals surface area (Å²) in [4.78, 5) is 25.9. The molecule has 0 aliphatic heterocycles. The lowest BCUT2D eigenvalue weighted by atomic mass is 9.71. The molecule has 4 nitrogen and oxygen atoms in total. The molecule has 0 fully saturated rings. The molecule has 5 rings (SSSR count). The molecule has 0 saturated carbocycles. The van der Waals surface area contributed by atoms with E-state index in [1.807, 2.05) is 13.0 Å². The molecule has 1 atom stereocenters. The van der Waals surface area contributed by atoms with E-state index in [0.717, 1.165) is 39.8 Å². The van der Waals surface area contributed by atoms with Gasteiger partial charge in [-0.15, -0.1) is 0 Å². The number of fused-ring (bicyclic) bond motifs is 6. The summed E-state index contributed by atoms with van der Waals surface area (Å²) in [6.45, 7) is 8.09. The van der Waals surface area contributed by atoms with E-state index < -0.39 is 11.6 Å². The lowest BCUT2D eigenvalue weighted by molar-refractivity contribution is 0.0815. The summed E-state index contributed by atoms with van der Waals surface area (Å²) < 4.78 is 0. The van der Waals surface area contributed by atoms with Gasteiger partial charge in [0.2, 0.25) is 11.6 Å². The van der Waals surface area contributed by atoms with Gasteiger partial charge in [0, 0.05) is 22.3 Å². The minimum atomic E-state index is -0.606. The van der Waals surface area contributed by atoms with Crippen LogP contribution in [0, 0.1) is 19.8 Å². The van der Waals surface area contributed by atoms with Crippen molar-refractivity contribution in [3.8, 4) is 33.8 Å². The Hall–Kier alpha value is -3.40. The van der Waals surface area contributed by atoms with Gasteiger partial charge in [-0.3, -0.25) is 9.59 Å². The van der Waals surface area contributed by atoms with Crippen molar-refractivity contribution in [3.63, 3.8) is 0 Å². The molecule has 4 heteroatoms. The van der Waals surface area contributed by atoms with Gasteiger partial charge >= 0.3 is 0 Å². The fraction of sp³-hybridized carbons (Fsp3) is 0.259. The third-order valence-electron chi connectivity index (χ3n) is 6.68. The monoisotopic (exact) mass is 412 g/mol. The van der Waals surface area contributed by atoms with Gasteiger partial charge < -0.3 is 10.2 Å². The average Bonchev–Trinajstić information content (AvgIpc) is 2.69. The molecule has 0 unspecified atom stereocenters. The summed E-state index contributed by atoms with van der Waals surface area (Å²) in [7, 11) is 0. The predicted molar refractivity (Wildman–Crippen MR) is 120 cm³/mol. The van der Waals surface area contributed by atoms with Crippen LogP contribution < -0.4 is 0 Å². The van der Waals surface area contributed by atoms with Crippen molar-refractivity contribution < 1.29 is 19.8 Å². The SMILES string of the molecule is Cc1cc(O)c2c(c1)C(=O)C(=O)c1cc3c(cc1-2)C[C@@H](C(C)C)c1cc(C)cc(O)c1-3. The number of aromatic hydroxyl groups is 2. The minimum absolute atomic E-state index is 0.00661. The maximum Gasteiger partial charge on any atom is 0.234 e. The number of benzene rings is 3. The number of aryl methyl sites for hydroxylation is 2. The Balaban J connectivity index is 1.84. The molecular weight excluding hydrogens is 388 g/mol. The summed E-state index contributed by atoms with van der Waals surface area (Å²) in [6.07, 6.45) is 0.764. The van der Waals surface area contributed by atoms with Crippen molar-refractivity contribution in [1.82, 2.24) is 0 Å². The van der Waals surface area contributed by atoms with Crippen LogP contribution in [-0.4, -0.2) is 21.8 Å². The zero-order chi connectivity index (χ0) is 22.2. The Kier molecular flexibility index (Phi) is 4.13. The van der Waals surface area contributed by atoms with Gasteiger partial charge in [-0.2, -0.15) is 0 Å². The Morgan fingerprint density at radius 3 is 2.03 bits per heavy atom. The highest BCUT2D eigenvalue weighted by Crippen LogP contribution is 2.50. The van der Waals surface area contributed by atoms with E-state index in [9.17, 15) is 19.8 Å². The quantitative estimate of drug-likeness (QED) is 0.501. The molecule has 0 radical (unpaired) electrons. The average molecular weight is 412 g/mol. The number of carbonyl (C=O) groups is 2. The van der Waals surface area contributed by atoms with Gasteiger partial charge in [-0.1, -0.05) is 19.9 Å². The van der Waals surface area contributed by atoms with Crippen LogP contribution in [0.2, 0.25) is 0 Å². The van der Waals surface area contributed by atoms with Gasteiger partial charge in [0.15, 0.2) is 0 Å². The lowest BCUT2D eigenvalue weighted by Crippen LogP contribution is -2.23. The second kappa shape index (κ2) is 6.55. The summed E-state index contributed by atoms with van der Waals surface area (Å²) in [5.41, 5.74) is 6.89. The zero-order valence-corrected chi connectivity index (χ0v) is 18.0. The highest BCUT2D eigenvalue weighted by atomic mass is 16.3. The Labute approximate surface area is 181 Å². The van der Waals surface area contributed by atoms with Crippen LogP contribution >= 0.6 is 0 Å². The van der Waals surface area contributed by atoms with Gasteiger partial charge in [0.25, 0.3) is 0 Å². The van der Waals surface area contributed by atoms with Crippen LogP contribution in [0.1, 0.15) is 62.7 Å². The first-order valence-corrected chi connectivity index (χ1v) is 10.6. The highest BCUT2D eigenvalue weighted by Gasteiger charge is 2.36. The van der Waals surface area contributed by atoms with Crippen LogP contribution in [-0.2, 0) is 6.42 Å². The highest BCUT2D eigenvalue weighted by molar-refractivity contribution is 6.53. The molecule has 2 aliphatic rings. The molecule has 156 valence electrons. The maximum atomic E-state index is 13.0. The molecule has 0 saturated heterocycles. The minimum Gasteiger partial charge on any atom is -0.507 e. The van der Waals surface area contributed by atoms with Gasteiger partial charge in [0.1, 0.15) is 11.5 Å². The number of hydrogen-bond donors (Lipinski definition) is 2. The summed E-state index contributed by atoms with van der Waals surface area (Å²) in [6, 6.07) is 10.8. The number of rotatable bonds is 1. The van der Waals surface area contributed by atoms with Crippen LogP contribution in [0.5, 0.6) is 11.5 Å². The first kappa shape index (κ1) is 19.6. The van der Waals surface area contributed by atoms with E-state index in [4.69, 9.17) is 0 Å². The smallest absolute Gasteiger partial charge is 0.234 e. The maximum absolute atomic E-state index is 13.0. The standard InChI is InChI=1S/C27H24O4/c1-12(2)16-9-15-10-19-20(11-17(15)24-18(16)5-13(3)7-22(24)28)26(30)27(31)21-6-14(4)8-23(29)25(19)21/h5-8,10-12,16,28-29H,9H2,1-4H3/t16-/m0/s1. The van der Waals surface area contributed by atoms with Crippen molar-refractivity contribution in [2.45, 2.75) is 40.0 Å². The summed E-state index contributed by atoms with van der Waals surface area (Å²) in [5, 5.41) is 21.5. The molecular formula is C27H24O4. The number of phenols is 2. The molecule has 3 aromatic carbocycles. The number of Topliss-reactive ketones (excluding diaryl/α,β-unsaturated/α-hetero) is 2. The number of phenolic OH excluding ortho intramolecular Hbond substituents is 2. The van der Waals surface area contributed by atoms with Crippen LogP contribution in [0.4, 0.5) is 0 Å². The predicted octanol–water partition coefficient (Wildman–Crippen LogP) is 5.72. The third kappa shape index (κ3) is 2.74. The van der Waals surface area contributed by atoms with E-state index in [-0.39, 0.29) is 28.5 Å². The van der Waals surface area contributed by atoms with Gasteiger partial charge in [-0.25, -0.2) is 0 Å². The van der Waals surface area contributed by atoms with E-state index in [2.05, 4.69) is 19.9 Å². The molecule has 0 amide bonds. The third-order valence-corrected chi connectivity index (χ3v) is 6.68. The fourth-order valence-electron chi connectivity index (χ4n) is 5.24. The Bertz CT molecular complexity index is 1310. The van der Waals surface area contributed by atoms with Crippen molar-refractivity contribution in [1.29, 1.82) is 0 Å². The normalized spacial score (nSPS) is 16.6. The van der Waals surface area contributed by atoms with Crippen molar-refractivity contribution >= 4 is 11.6 Å². The summed E-state index contributed by atoms with van der Waals surface area (Å²) >= 11 is 0. The fourth-order valence-corrected chi connectivity index (χ4v) is 5.24. The molecule has 0 heterocycles. The van der Waals surface area contributed by atoms with E-state index in [1.54, 1.807) is 31.2 Å². The van der Waals surface area contributed by atoms with Gasteiger partial charge in [-0.05, 0) is 95.8 Å². The zero-order valence-electron chi connectivity index (χ0n) is 18.0. The second-order valence-corrected chi connectivity index (χ2v) is 9.22. The largest absolute Gasteiger partial charge is 0.507 e. The molecule has 3 aromatic rings. The number of carbonyl (C=O) groups excluding carboxylic acids is 2. The molecule has 0 aromatic heterocycles. The summed E-state index contributed by atoms with van der Waals surface area (Å²) in [5.74, 6) is -0.406. The van der Waals surface area contributed by atoms with Crippen LogP contribution in [0.3, 0.4) is 0 Å². The topological polar surface area (TPSA) is 74.6 Å². The molecule has 2 N–H and O–H groups in total. The Morgan fingerprint density at radius 1 is 0.742 bits per heavy atom. The van der Waals surface area contributed by atoms with Crippen LogP contribution in [0.15, 0.2) is 36.4 Å². The number of ketones is 2. The second-order valence-electron chi connectivity index (χ2n) is 9.22. The van der Waals surface area contributed by atoms with E-state index in [1.165, 1.54) is 0 Å². The first-order chi connectivity index (χ1) is 14.7. The Morgan fingerprint density at radius 2 is 1.35 bits per heavy atom. The lowest BCUT2D eigenvalue weighted by Gasteiger charge is -2.33. The molecule has 2 aliphatic carbocycles. The number of hydrogen-bond acceptors (Lipinski definition) is 4. The first-order valence-electron chi connectivity index (χ1n) is 10.6. The van der Waals surface area contributed by atoms with Crippen molar-refractivity contribution in [3.05, 3.63) is 69.8 Å². The van der Waals surface area contributed by atoms with Crippen molar-refractivity contribution in [2.24, 2.45) is 5.92 Å². The van der Waals surface area contributed by atoms with Gasteiger partial charge in [0.05, 0.1) is 0 Å². The molecule has 0 spiro atoms. The van der Waals surface area contributed by atoms with E-state index >= 15 is 0 Å². The molecule has 0 bridgehead atoms. The van der Waals surface area contributed by atoms with E-state index in [0.29, 0.717) is 17.0 Å².